The lowest BCUT2D eigenvalue weighted by molar-refractivity contribution is 0.971. The molecule has 0 aromatic rings. The maximum absolute atomic E-state index is 2.44. The van der Waals surface area contributed by atoms with Crippen molar-refractivity contribution in [3.8, 4) is 0 Å². The van der Waals surface area contributed by atoms with Crippen LogP contribution in [0, 0.1) is 0 Å². The molecule has 1 heteroatoms. The lowest BCUT2D eigenvalue weighted by Crippen LogP contribution is -1.88. The van der Waals surface area contributed by atoms with Gasteiger partial charge in [0.2, 0.25) is 0 Å². The van der Waals surface area contributed by atoms with Crippen molar-refractivity contribution in [2.45, 2.75) is 19.3 Å². The van der Waals surface area contributed by atoms with Gasteiger partial charge in [-0.2, -0.15) is 0 Å². The normalized spacial score (nSPS) is 23.1. The topological polar surface area (TPSA) is 0 Å². The summed E-state index contributed by atoms with van der Waals surface area (Å²) in [6.07, 6.45) is 10.5. The maximum Gasteiger partial charge on any atom is 0.0128 e. The summed E-state index contributed by atoms with van der Waals surface area (Å²) in [4.78, 5) is 0. The molecule has 0 aliphatic heterocycles. The predicted octanol–water partition coefficient (Wildman–Crippen LogP) is 3.36. The second-order valence-electron chi connectivity index (χ2n) is 2.70. The van der Waals surface area contributed by atoms with E-state index in [0.717, 1.165) is 0 Å². The van der Waals surface area contributed by atoms with Crippen LogP contribution in [0.5, 0.6) is 0 Å². The fourth-order valence-electron chi connectivity index (χ4n) is 1.50. The Labute approximate surface area is 74.8 Å². The van der Waals surface area contributed by atoms with Gasteiger partial charge in [-0.3, -0.25) is 0 Å². The van der Waals surface area contributed by atoms with Crippen LogP contribution in [0.1, 0.15) is 19.3 Å². The average Bonchev–Trinajstić information content (AvgIpc) is 2.34. The summed E-state index contributed by atoms with van der Waals surface area (Å²) in [5, 5.41) is 0. The summed E-state index contributed by atoms with van der Waals surface area (Å²) in [6, 6.07) is 0. The van der Waals surface area contributed by atoms with Gasteiger partial charge in [0.05, 0.1) is 0 Å². The van der Waals surface area contributed by atoms with E-state index in [0.29, 0.717) is 0 Å². The van der Waals surface area contributed by atoms with E-state index >= 15 is 0 Å². The molecule has 10 heavy (non-hydrogen) atoms. The molecule has 0 unspecified atom stereocenters. The van der Waals surface area contributed by atoms with Crippen LogP contribution in [0.4, 0.5) is 0 Å². The van der Waals surface area contributed by atoms with Gasteiger partial charge >= 0.3 is 0 Å². The smallest absolute Gasteiger partial charge is 0.0128 e. The summed E-state index contributed by atoms with van der Waals surface area (Å²) in [5.74, 6) is 0. The molecule has 0 saturated heterocycles. The van der Waals surface area contributed by atoms with Gasteiger partial charge in [0.15, 0.2) is 0 Å². The zero-order valence-electron chi connectivity index (χ0n) is 5.73. The monoisotopic (exact) mass is 244 g/mol. The van der Waals surface area contributed by atoms with E-state index in [1.807, 2.05) is 0 Å². The Morgan fingerprint density at radius 1 is 1.40 bits per heavy atom. The molecule has 0 atom stereocenters. The minimum absolute atomic E-state index is 1.17. The van der Waals surface area contributed by atoms with E-state index in [2.05, 4.69) is 40.8 Å². The number of allylic oxidation sites excluding steroid dienone is 6. The second kappa shape index (κ2) is 2.53. The Morgan fingerprint density at radius 2 is 2.30 bits per heavy atom. The lowest BCUT2D eigenvalue weighted by Gasteiger charge is -2.07. The van der Waals surface area contributed by atoms with E-state index in [4.69, 9.17) is 0 Å². The van der Waals surface area contributed by atoms with E-state index in [9.17, 15) is 0 Å². The van der Waals surface area contributed by atoms with E-state index in [1.54, 1.807) is 11.1 Å². The molecule has 0 spiro atoms. The molecule has 0 saturated carbocycles. The van der Waals surface area contributed by atoms with Crippen LogP contribution in [0.25, 0.3) is 0 Å². The Morgan fingerprint density at radius 3 is 3.10 bits per heavy atom. The Kier molecular flexibility index (Phi) is 1.68. The summed E-state index contributed by atoms with van der Waals surface area (Å²) < 4.78 is 1.48. The molecule has 0 radical (unpaired) electrons. The van der Waals surface area contributed by atoms with Crippen molar-refractivity contribution in [1.29, 1.82) is 0 Å². The van der Waals surface area contributed by atoms with Crippen molar-refractivity contribution in [2.24, 2.45) is 0 Å². The average molecular weight is 244 g/mol. The van der Waals surface area contributed by atoms with Crippen molar-refractivity contribution in [3.05, 3.63) is 33.0 Å². The first-order chi connectivity index (χ1) is 4.88. The molecular weight excluding hydrogens is 235 g/mol. The molecule has 0 aromatic carbocycles. The molecule has 0 bridgehead atoms. The Hall–Kier alpha value is -0.0500. The highest BCUT2D eigenvalue weighted by atomic mass is 127. The van der Waals surface area contributed by atoms with Crippen molar-refractivity contribution in [3.63, 3.8) is 0 Å². The van der Waals surface area contributed by atoms with Crippen LogP contribution < -0.4 is 0 Å². The molecule has 0 heterocycles. The van der Waals surface area contributed by atoms with Gasteiger partial charge in [-0.25, -0.2) is 0 Å². The minimum atomic E-state index is 1.17. The van der Waals surface area contributed by atoms with Gasteiger partial charge in [0, 0.05) is 3.58 Å². The largest absolute Gasteiger partial charge is 0.0839 e. The summed E-state index contributed by atoms with van der Waals surface area (Å²) in [5.41, 5.74) is 3.15. The molecule has 52 valence electrons. The fraction of sp³-hybridized carbons (Fsp3) is 0.333. The SMILES string of the molecule is IC1=CCC2=C1CCC=C2. The van der Waals surface area contributed by atoms with Gasteiger partial charge in [-0.05, 0) is 53.0 Å². The number of hydrogen-bond acceptors (Lipinski definition) is 0. The summed E-state index contributed by atoms with van der Waals surface area (Å²) >= 11 is 2.44. The molecule has 2 aliphatic rings. The standard InChI is InChI=1S/C9H9I/c10-9-6-5-7-3-1-2-4-8(7)9/h1,3,6H,2,4-5H2. The predicted molar refractivity (Wildman–Crippen MR) is 52.1 cm³/mol. The molecule has 0 aromatic heterocycles. The molecule has 2 rings (SSSR count). The highest BCUT2D eigenvalue weighted by molar-refractivity contribution is 14.1. The van der Waals surface area contributed by atoms with E-state index < -0.39 is 0 Å². The van der Waals surface area contributed by atoms with E-state index in [-0.39, 0.29) is 0 Å². The maximum atomic E-state index is 2.44. The quantitative estimate of drug-likeness (QED) is 0.573. The van der Waals surface area contributed by atoms with Crippen LogP contribution in [-0.4, -0.2) is 0 Å². The van der Waals surface area contributed by atoms with E-state index in [1.165, 1.54) is 22.8 Å². The third-order valence-electron chi connectivity index (χ3n) is 2.06. The molecule has 0 amide bonds. The Bertz CT molecular complexity index is 243. The lowest BCUT2D eigenvalue weighted by atomic mass is 10.0. The van der Waals surface area contributed by atoms with Gasteiger partial charge < -0.3 is 0 Å². The molecule has 0 fully saturated rings. The van der Waals surface area contributed by atoms with Gasteiger partial charge in [-0.1, -0.05) is 18.2 Å². The first kappa shape index (κ1) is 6.65. The van der Waals surface area contributed by atoms with Crippen LogP contribution in [-0.2, 0) is 0 Å². The minimum Gasteiger partial charge on any atom is -0.0839 e. The van der Waals surface area contributed by atoms with Crippen LogP contribution in [0.15, 0.2) is 33.0 Å². The van der Waals surface area contributed by atoms with Crippen molar-refractivity contribution in [2.75, 3.05) is 0 Å². The van der Waals surface area contributed by atoms with Crippen molar-refractivity contribution >= 4 is 22.6 Å². The highest BCUT2D eigenvalue weighted by Gasteiger charge is 2.14. The van der Waals surface area contributed by atoms with Crippen molar-refractivity contribution in [1.82, 2.24) is 0 Å². The van der Waals surface area contributed by atoms with Gasteiger partial charge in [-0.15, -0.1) is 0 Å². The summed E-state index contributed by atoms with van der Waals surface area (Å²) in [7, 11) is 0. The van der Waals surface area contributed by atoms with Gasteiger partial charge in [0.25, 0.3) is 0 Å². The van der Waals surface area contributed by atoms with Gasteiger partial charge in [0.1, 0.15) is 0 Å². The molecule has 0 nitrogen and oxygen atoms in total. The summed E-state index contributed by atoms with van der Waals surface area (Å²) in [6.45, 7) is 0. The third-order valence-corrected chi connectivity index (χ3v) is 3.15. The first-order valence-electron chi connectivity index (χ1n) is 3.62. The van der Waals surface area contributed by atoms with Crippen molar-refractivity contribution < 1.29 is 0 Å². The highest BCUT2D eigenvalue weighted by Crippen LogP contribution is 2.36. The zero-order valence-corrected chi connectivity index (χ0v) is 7.89. The number of halogens is 1. The molecular formula is C9H9I. The number of rotatable bonds is 0. The molecule has 0 N–H and O–H groups in total. The first-order valence-corrected chi connectivity index (χ1v) is 4.70. The second-order valence-corrected chi connectivity index (χ2v) is 3.86. The van der Waals surface area contributed by atoms with Crippen LogP contribution in [0.3, 0.4) is 0 Å². The molecule has 2 aliphatic carbocycles. The van der Waals surface area contributed by atoms with Crippen LogP contribution in [0.2, 0.25) is 0 Å². The fourth-order valence-corrected chi connectivity index (χ4v) is 2.34. The zero-order chi connectivity index (χ0) is 6.97. The Balaban J connectivity index is 2.38. The number of hydrogen-bond donors (Lipinski definition) is 0. The third kappa shape index (κ3) is 0.965. The van der Waals surface area contributed by atoms with Crippen LogP contribution >= 0.6 is 22.6 Å².